The van der Waals surface area contributed by atoms with E-state index in [9.17, 15) is 9.59 Å². The fourth-order valence-corrected chi connectivity index (χ4v) is 2.28. The van der Waals surface area contributed by atoms with Gasteiger partial charge in [0.2, 0.25) is 0 Å². The smallest absolute Gasteiger partial charge is 0.409 e. The summed E-state index contributed by atoms with van der Waals surface area (Å²) in [6.07, 6.45) is -0.333. The summed E-state index contributed by atoms with van der Waals surface area (Å²) in [4.78, 5) is 27.2. The second-order valence-corrected chi connectivity index (χ2v) is 5.12. The summed E-state index contributed by atoms with van der Waals surface area (Å²) >= 11 is 5.85. The van der Waals surface area contributed by atoms with Crippen molar-refractivity contribution < 1.29 is 14.3 Å². The SMILES string of the molecule is CCOC(=O)N1CCN(C(=O)c2ccc(Cl)c(N)c2)CC1. The largest absolute Gasteiger partial charge is 0.450 e. The van der Waals surface area contributed by atoms with Crippen LogP contribution >= 0.6 is 11.6 Å². The molecule has 1 heterocycles. The minimum absolute atomic E-state index is 0.109. The number of carbonyl (C=O) groups is 2. The highest BCUT2D eigenvalue weighted by atomic mass is 35.5. The fourth-order valence-electron chi connectivity index (χ4n) is 2.17. The van der Waals surface area contributed by atoms with Gasteiger partial charge in [-0.2, -0.15) is 0 Å². The standard InChI is InChI=1S/C14H18ClN3O3/c1-2-21-14(20)18-7-5-17(6-8-18)13(19)10-3-4-11(15)12(16)9-10/h3-4,9H,2,5-8,16H2,1H3. The van der Waals surface area contributed by atoms with E-state index >= 15 is 0 Å². The van der Waals surface area contributed by atoms with E-state index in [0.717, 1.165) is 0 Å². The molecular formula is C14H18ClN3O3. The van der Waals surface area contributed by atoms with E-state index in [0.29, 0.717) is 49.1 Å². The first-order valence-corrected chi connectivity index (χ1v) is 7.16. The molecule has 0 radical (unpaired) electrons. The summed E-state index contributed by atoms with van der Waals surface area (Å²) in [7, 11) is 0. The first kappa shape index (κ1) is 15.4. The molecule has 0 atom stereocenters. The van der Waals surface area contributed by atoms with Crippen molar-refractivity contribution in [1.29, 1.82) is 0 Å². The number of nitrogens with two attached hydrogens (primary N) is 1. The Morgan fingerprint density at radius 1 is 1.24 bits per heavy atom. The molecule has 6 nitrogen and oxygen atoms in total. The minimum Gasteiger partial charge on any atom is -0.450 e. The van der Waals surface area contributed by atoms with Gasteiger partial charge in [-0.15, -0.1) is 0 Å². The lowest BCUT2D eigenvalue weighted by Gasteiger charge is -2.34. The van der Waals surface area contributed by atoms with Gasteiger partial charge in [0.05, 0.1) is 17.3 Å². The lowest BCUT2D eigenvalue weighted by atomic mass is 10.1. The molecule has 0 aliphatic carbocycles. The lowest BCUT2D eigenvalue weighted by molar-refractivity contribution is 0.0570. The molecule has 0 spiro atoms. The van der Waals surface area contributed by atoms with Crippen LogP contribution in [0.1, 0.15) is 17.3 Å². The number of carbonyl (C=O) groups excluding carboxylic acids is 2. The molecular weight excluding hydrogens is 294 g/mol. The second-order valence-electron chi connectivity index (χ2n) is 4.71. The molecule has 114 valence electrons. The topological polar surface area (TPSA) is 75.9 Å². The second kappa shape index (κ2) is 6.67. The van der Waals surface area contributed by atoms with Crippen molar-refractivity contribution in [2.45, 2.75) is 6.92 Å². The zero-order valence-corrected chi connectivity index (χ0v) is 12.6. The van der Waals surface area contributed by atoms with Crippen molar-refractivity contribution in [3.05, 3.63) is 28.8 Å². The van der Waals surface area contributed by atoms with Crippen molar-refractivity contribution in [3.63, 3.8) is 0 Å². The molecule has 1 aliphatic rings. The van der Waals surface area contributed by atoms with Gasteiger partial charge in [0, 0.05) is 31.7 Å². The number of nitrogen functional groups attached to an aromatic ring is 1. The molecule has 1 saturated heterocycles. The van der Waals surface area contributed by atoms with Gasteiger partial charge in [0.15, 0.2) is 0 Å². The Bertz CT molecular complexity index is 542. The molecule has 0 bridgehead atoms. The molecule has 2 rings (SSSR count). The van der Waals surface area contributed by atoms with Crippen LogP contribution in [-0.2, 0) is 4.74 Å². The Morgan fingerprint density at radius 3 is 2.43 bits per heavy atom. The molecule has 0 aromatic heterocycles. The van der Waals surface area contributed by atoms with Crippen LogP contribution in [0.5, 0.6) is 0 Å². The minimum atomic E-state index is -0.333. The quantitative estimate of drug-likeness (QED) is 0.846. The highest BCUT2D eigenvalue weighted by Crippen LogP contribution is 2.20. The predicted molar refractivity (Wildman–Crippen MR) is 80.4 cm³/mol. The lowest BCUT2D eigenvalue weighted by Crippen LogP contribution is -2.50. The molecule has 1 aliphatic heterocycles. The number of halogens is 1. The maximum absolute atomic E-state index is 12.4. The molecule has 1 fully saturated rings. The van der Waals surface area contributed by atoms with E-state index in [1.165, 1.54) is 0 Å². The molecule has 2 amide bonds. The van der Waals surface area contributed by atoms with E-state index in [4.69, 9.17) is 22.1 Å². The van der Waals surface area contributed by atoms with Crippen molar-refractivity contribution in [1.82, 2.24) is 9.80 Å². The zero-order chi connectivity index (χ0) is 15.4. The summed E-state index contributed by atoms with van der Waals surface area (Å²) in [6.45, 7) is 3.99. The molecule has 2 N–H and O–H groups in total. The highest BCUT2D eigenvalue weighted by Gasteiger charge is 2.25. The molecule has 0 saturated carbocycles. The van der Waals surface area contributed by atoms with Gasteiger partial charge in [-0.05, 0) is 25.1 Å². The number of hydrogen-bond donors (Lipinski definition) is 1. The zero-order valence-electron chi connectivity index (χ0n) is 11.8. The molecule has 1 aromatic rings. The number of piperazine rings is 1. The molecule has 0 unspecified atom stereocenters. The van der Waals surface area contributed by atoms with Gasteiger partial charge in [0.1, 0.15) is 0 Å². The maximum Gasteiger partial charge on any atom is 0.409 e. The summed E-state index contributed by atoms with van der Waals surface area (Å²) in [5, 5.41) is 0.429. The Balaban J connectivity index is 1.97. The molecule has 7 heteroatoms. The van der Waals surface area contributed by atoms with E-state index in [1.54, 1.807) is 34.9 Å². The van der Waals surface area contributed by atoms with E-state index in [-0.39, 0.29) is 12.0 Å². The van der Waals surface area contributed by atoms with Gasteiger partial charge in [-0.1, -0.05) is 11.6 Å². The van der Waals surface area contributed by atoms with E-state index in [1.807, 2.05) is 0 Å². The van der Waals surface area contributed by atoms with Gasteiger partial charge >= 0.3 is 6.09 Å². The van der Waals surface area contributed by atoms with Crippen molar-refractivity contribution >= 4 is 29.3 Å². The molecule has 1 aromatic carbocycles. The first-order chi connectivity index (χ1) is 10.0. The normalized spacial score (nSPS) is 15.0. The van der Waals surface area contributed by atoms with Crippen LogP contribution in [0.25, 0.3) is 0 Å². The Morgan fingerprint density at radius 2 is 1.86 bits per heavy atom. The van der Waals surface area contributed by atoms with Gasteiger partial charge < -0.3 is 20.3 Å². The Labute approximate surface area is 128 Å². The summed E-state index contributed by atoms with van der Waals surface area (Å²) in [5.74, 6) is -0.109. The average Bonchev–Trinajstić information content (AvgIpc) is 2.50. The van der Waals surface area contributed by atoms with E-state index in [2.05, 4.69) is 0 Å². The summed E-state index contributed by atoms with van der Waals surface area (Å²) in [6, 6.07) is 4.83. The average molecular weight is 312 g/mol. The van der Waals surface area contributed by atoms with Crippen molar-refractivity contribution in [2.24, 2.45) is 0 Å². The maximum atomic E-state index is 12.4. The van der Waals surface area contributed by atoms with Crippen molar-refractivity contribution in [3.8, 4) is 0 Å². The Hall–Kier alpha value is -1.95. The number of nitrogens with zero attached hydrogens (tertiary/aromatic N) is 2. The van der Waals surface area contributed by atoms with Crippen LogP contribution < -0.4 is 5.73 Å². The molecule has 21 heavy (non-hydrogen) atoms. The fraction of sp³-hybridized carbons (Fsp3) is 0.429. The predicted octanol–water partition coefficient (Wildman–Crippen LogP) is 1.84. The number of rotatable bonds is 2. The van der Waals surface area contributed by atoms with Crippen molar-refractivity contribution in [2.75, 3.05) is 38.5 Å². The summed E-state index contributed by atoms with van der Waals surface area (Å²) < 4.78 is 4.94. The van der Waals surface area contributed by atoms with Crippen LogP contribution in [0.15, 0.2) is 18.2 Å². The third-order valence-corrected chi connectivity index (χ3v) is 3.68. The third kappa shape index (κ3) is 3.58. The van der Waals surface area contributed by atoms with Crippen LogP contribution in [0, 0.1) is 0 Å². The number of ether oxygens (including phenoxy) is 1. The van der Waals surface area contributed by atoms with Crippen LogP contribution in [0.4, 0.5) is 10.5 Å². The number of benzene rings is 1. The number of anilines is 1. The van der Waals surface area contributed by atoms with Gasteiger partial charge in [-0.3, -0.25) is 4.79 Å². The van der Waals surface area contributed by atoms with Crippen LogP contribution in [0.3, 0.4) is 0 Å². The number of hydrogen-bond acceptors (Lipinski definition) is 4. The summed E-state index contributed by atoms with van der Waals surface area (Å²) in [5.41, 5.74) is 6.59. The third-order valence-electron chi connectivity index (χ3n) is 3.34. The van der Waals surface area contributed by atoms with E-state index < -0.39 is 0 Å². The monoisotopic (exact) mass is 311 g/mol. The number of amides is 2. The van der Waals surface area contributed by atoms with Crippen LogP contribution in [0.2, 0.25) is 5.02 Å². The Kier molecular flexibility index (Phi) is 4.90. The van der Waals surface area contributed by atoms with Gasteiger partial charge in [0.25, 0.3) is 5.91 Å². The van der Waals surface area contributed by atoms with Gasteiger partial charge in [-0.25, -0.2) is 4.79 Å². The van der Waals surface area contributed by atoms with Crippen LogP contribution in [-0.4, -0.2) is 54.6 Å². The highest BCUT2D eigenvalue weighted by molar-refractivity contribution is 6.33. The first-order valence-electron chi connectivity index (χ1n) is 6.79.